The highest BCUT2D eigenvalue weighted by Gasteiger charge is 2.31. The Morgan fingerprint density at radius 3 is 2.69 bits per heavy atom. The summed E-state index contributed by atoms with van der Waals surface area (Å²) in [6.45, 7) is 2.11. The van der Waals surface area contributed by atoms with Crippen LogP contribution in [0.3, 0.4) is 0 Å². The van der Waals surface area contributed by atoms with Gasteiger partial charge in [-0.15, -0.1) is 5.10 Å². The minimum Gasteiger partial charge on any atom is -0.497 e. The molecule has 1 N–H and O–H groups in total. The first kappa shape index (κ1) is 16.4. The number of carbonyl (C=O) groups is 1. The predicted octanol–water partition coefficient (Wildman–Crippen LogP) is 4.39. The summed E-state index contributed by atoms with van der Waals surface area (Å²) in [6.07, 6.45) is 1.39. The lowest BCUT2D eigenvalue weighted by atomic mass is 9.87. The Kier molecular flexibility index (Phi) is 4.21. The van der Waals surface area contributed by atoms with E-state index in [2.05, 4.69) is 12.2 Å². The SMILES string of the molecule is COc1cccc(Nc2nn(-c3ccccc3)c3c2C(=O)C[C@@H](C)C3)c1. The molecule has 132 valence electrons. The van der Waals surface area contributed by atoms with E-state index in [0.717, 1.165) is 29.2 Å². The average molecular weight is 347 g/mol. The van der Waals surface area contributed by atoms with Crippen molar-refractivity contribution in [2.24, 2.45) is 5.92 Å². The maximum absolute atomic E-state index is 12.8. The highest BCUT2D eigenvalue weighted by Crippen LogP contribution is 2.34. The van der Waals surface area contributed by atoms with Gasteiger partial charge >= 0.3 is 0 Å². The molecule has 5 heteroatoms. The molecule has 0 saturated carbocycles. The topological polar surface area (TPSA) is 56.1 Å². The number of aromatic nitrogens is 2. The normalized spacial score (nSPS) is 16.2. The van der Waals surface area contributed by atoms with Crippen molar-refractivity contribution < 1.29 is 9.53 Å². The summed E-state index contributed by atoms with van der Waals surface area (Å²) in [5, 5.41) is 8.05. The molecule has 1 atom stereocenters. The highest BCUT2D eigenvalue weighted by molar-refractivity contribution is 6.03. The molecule has 0 saturated heterocycles. The van der Waals surface area contributed by atoms with Gasteiger partial charge in [0, 0.05) is 18.2 Å². The number of hydrogen-bond donors (Lipinski definition) is 1. The molecule has 1 aromatic heterocycles. The van der Waals surface area contributed by atoms with Crippen LogP contribution in [0.1, 0.15) is 29.4 Å². The van der Waals surface area contributed by atoms with Crippen molar-refractivity contribution in [2.45, 2.75) is 19.8 Å². The Balaban J connectivity index is 1.81. The van der Waals surface area contributed by atoms with E-state index in [-0.39, 0.29) is 5.78 Å². The van der Waals surface area contributed by atoms with Gasteiger partial charge in [-0.05, 0) is 36.6 Å². The van der Waals surface area contributed by atoms with Crippen LogP contribution in [0, 0.1) is 5.92 Å². The molecule has 1 heterocycles. The molecule has 0 fully saturated rings. The number of ketones is 1. The van der Waals surface area contributed by atoms with Crippen LogP contribution in [0.15, 0.2) is 54.6 Å². The summed E-state index contributed by atoms with van der Waals surface area (Å²) in [6, 6.07) is 17.6. The van der Waals surface area contributed by atoms with Crippen LogP contribution in [0.2, 0.25) is 0 Å². The smallest absolute Gasteiger partial charge is 0.168 e. The number of anilines is 2. The Bertz CT molecular complexity index is 947. The number of benzene rings is 2. The quantitative estimate of drug-likeness (QED) is 0.760. The fourth-order valence-electron chi connectivity index (χ4n) is 3.46. The molecule has 0 spiro atoms. The maximum atomic E-state index is 12.8. The Morgan fingerprint density at radius 1 is 1.12 bits per heavy atom. The van der Waals surface area contributed by atoms with Gasteiger partial charge in [0.1, 0.15) is 5.75 Å². The van der Waals surface area contributed by atoms with E-state index >= 15 is 0 Å². The lowest BCUT2D eigenvalue weighted by molar-refractivity contribution is 0.0953. The summed E-state index contributed by atoms with van der Waals surface area (Å²) >= 11 is 0. The van der Waals surface area contributed by atoms with Crippen LogP contribution in [-0.4, -0.2) is 22.7 Å². The van der Waals surface area contributed by atoms with Crippen LogP contribution < -0.4 is 10.1 Å². The zero-order chi connectivity index (χ0) is 18.1. The number of Topliss-reactive ketones (excluding diaryl/α,β-unsaturated/α-hetero) is 1. The molecule has 4 rings (SSSR count). The molecular formula is C21H21N3O2. The van der Waals surface area contributed by atoms with Gasteiger partial charge in [-0.3, -0.25) is 4.79 Å². The minimum absolute atomic E-state index is 0.145. The average Bonchev–Trinajstić information content (AvgIpc) is 3.01. The second-order valence-electron chi connectivity index (χ2n) is 6.71. The number of nitrogens with one attached hydrogen (secondary N) is 1. The van der Waals surface area contributed by atoms with Gasteiger partial charge in [-0.25, -0.2) is 4.68 Å². The van der Waals surface area contributed by atoms with Crippen molar-refractivity contribution in [3.8, 4) is 11.4 Å². The van der Waals surface area contributed by atoms with Crippen LogP contribution in [0.4, 0.5) is 11.5 Å². The van der Waals surface area contributed by atoms with Gasteiger partial charge in [0.05, 0.1) is 24.1 Å². The molecule has 1 aliphatic rings. The zero-order valence-corrected chi connectivity index (χ0v) is 14.9. The number of methoxy groups -OCH3 is 1. The Hall–Kier alpha value is -3.08. The second kappa shape index (κ2) is 6.67. The van der Waals surface area contributed by atoms with Gasteiger partial charge in [0.25, 0.3) is 0 Å². The van der Waals surface area contributed by atoms with Crippen molar-refractivity contribution >= 4 is 17.3 Å². The summed E-state index contributed by atoms with van der Waals surface area (Å²) in [5.74, 6) is 1.82. The van der Waals surface area contributed by atoms with Crippen molar-refractivity contribution in [1.29, 1.82) is 0 Å². The van der Waals surface area contributed by atoms with E-state index in [9.17, 15) is 4.79 Å². The number of nitrogens with zero attached hydrogens (tertiary/aromatic N) is 2. The third-order valence-corrected chi connectivity index (χ3v) is 4.67. The van der Waals surface area contributed by atoms with Gasteiger partial charge in [0.15, 0.2) is 11.6 Å². The van der Waals surface area contributed by atoms with Crippen molar-refractivity contribution in [3.05, 3.63) is 65.9 Å². The summed E-state index contributed by atoms with van der Waals surface area (Å²) in [4.78, 5) is 12.8. The predicted molar refractivity (Wildman–Crippen MR) is 102 cm³/mol. The molecule has 0 radical (unpaired) electrons. The number of fused-ring (bicyclic) bond motifs is 1. The summed E-state index contributed by atoms with van der Waals surface area (Å²) in [7, 11) is 1.63. The number of rotatable bonds is 4. The van der Waals surface area contributed by atoms with Crippen LogP contribution in [-0.2, 0) is 6.42 Å². The number of para-hydroxylation sites is 1. The van der Waals surface area contributed by atoms with Gasteiger partial charge < -0.3 is 10.1 Å². The lowest BCUT2D eigenvalue weighted by Crippen LogP contribution is -2.19. The molecule has 2 aromatic carbocycles. The molecule has 0 aliphatic heterocycles. The maximum Gasteiger partial charge on any atom is 0.168 e. The third kappa shape index (κ3) is 2.96. The van der Waals surface area contributed by atoms with Crippen molar-refractivity contribution in [3.63, 3.8) is 0 Å². The van der Waals surface area contributed by atoms with E-state index in [0.29, 0.717) is 23.7 Å². The lowest BCUT2D eigenvalue weighted by Gasteiger charge is -2.19. The van der Waals surface area contributed by atoms with E-state index < -0.39 is 0 Å². The van der Waals surface area contributed by atoms with Gasteiger partial charge in [0.2, 0.25) is 0 Å². The van der Waals surface area contributed by atoms with Crippen LogP contribution >= 0.6 is 0 Å². The number of ether oxygens (including phenoxy) is 1. The van der Waals surface area contributed by atoms with Crippen LogP contribution in [0.25, 0.3) is 5.69 Å². The molecule has 0 unspecified atom stereocenters. The Labute approximate surface area is 152 Å². The molecule has 26 heavy (non-hydrogen) atoms. The fraction of sp³-hybridized carbons (Fsp3) is 0.238. The van der Waals surface area contributed by atoms with Gasteiger partial charge in [-0.1, -0.05) is 31.2 Å². The first-order valence-electron chi connectivity index (χ1n) is 8.77. The first-order chi connectivity index (χ1) is 12.7. The molecule has 1 aliphatic carbocycles. The molecule has 5 nitrogen and oxygen atoms in total. The molecule has 0 bridgehead atoms. The summed E-state index contributed by atoms with van der Waals surface area (Å²) in [5.41, 5.74) is 3.49. The molecule has 3 aromatic rings. The largest absolute Gasteiger partial charge is 0.497 e. The highest BCUT2D eigenvalue weighted by atomic mass is 16.5. The number of hydrogen-bond acceptors (Lipinski definition) is 4. The minimum atomic E-state index is 0.145. The van der Waals surface area contributed by atoms with E-state index in [1.807, 2.05) is 59.3 Å². The molecular weight excluding hydrogens is 326 g/mol. The van der Waals surface area contributed by atoms with E-state index in [1.54, 1.807) is 7.11 Å². The molecule has 0 amide bonds. The number of carbonyl (C=O) groups excluding carboxylic acids is 1. The van der Waals surface area contributed by atoms with Crippen molar-refractivity contribution in [1.82, 2.24) is 9.78 Å². The zero-order valence-electron chi connectivity index (χ0n) is 14.9. The van der Waals surface area contributed by atoms with Gasteiger partial charge in [-0.2, -0.15) is 0 Å². The third-order valence-electron chi connectivity index (χ3n) is 4.67. The van der Waals surface area contributed by atoms with Crippen LogP contribution in [0.5, 0.6) is 5.75 Å². The monoisotopic (exact) mass is 347 g/mol. The van der Waals surface area contributed by atoms with Crippen molar-refractivity contribution in [2.75, 3.05) is 12.4 Å². The second-order valence-corrected chi connectivity index (χ2v) is 6.71. The standard InChI is InChI=1S/C21H21N3O2/c1-14-11-18-20(19(25)12-14)21(22-15-7-6-10-17(13-15)26-2)23-24(18)16-8-4-3-5-9-16/h3-10,13-14H,11-12H2,1-2H3,(H,22,23)/t14-/m0/s1. The summed E-state index contributed by atoms with van der Waals surface area (Å²) < 4.78 is 7.18. The Morgan fingerprint density at radius 2 is 1.92 bits per heavy atom. The van der Waals surface area contributed by atoms with E-state index in [4.69, 9.17) is 9.84 Å². The first-order valence-corrected chi connectivity index (χ1v) is 8.77. The van der Waals surface area contributed by atoms with E-state index in [1.165, 1.54) is 0 Å². The fourth-order valence-corrected chi connectivity index (χ4v) is 3.46.